The van der Waals surface area contributed by atoms with E-state index in [1.54, 1.807) is 0 Å². The lowest BCUT2D eigenvalue weighted by Gasteiger charge is -2.39. The van der Waals surface area contributed by atoms with Crippen molar-refractivity contribution >= 4 is 0 Å². The SMILES string of the molecule is CCC1CCC(CN)C(C(CC)CC)C1. The molecule has 0 saturated heterocycles. The standard InChI is InChI=1S/C14H29N/c1-4-11-7-8-13(10-15)14(9-11)12(5-2)6-3/h11-14H,4-10,15H2,1-3H3. The molecule has 2 N–H and O–H groups in total. The molecule has 3 atom stereocenters. The summed E-state index contributed by atoms with van der Waals surface area (Å²) < 4.78 is 0. The average molecular weight is 211 g/mol. The fourth-order valence-electron chi connectivity index (χ4n) is 3.49. The molecule has 1 aliphatic rings. The fraction of sp³-hybridized carbons (Fsp3) is 1.00. The second kappa shape index (κ2) is 6.52. The van der Waals surface area contributed by atoms with E-state index in [9.17, 15) is 0 Å². The lowest BCUT2D eigenvalue weighted by atomic mass is 9.67. The van der Waals surface area contributed by atoms with Crippen LogP contribution in [-0.2, 0) is 0 Å². The maximum Gasteiger partial charge on any atom is -0.00461 e. The van der Waals surface area contributed by atoms with Crippen molar-refractivity contribution in [2.75, 3.05) is 6.54 Å². The molecule has 1 fully saturated rings. The molecule has 0 heterocycles. The van der Waals surface area contributed by atoms with Crippen LogP contribution >= 0.6 is 0 Å². The summed E-state index contributed by atoms with van der Waals surface area (Å²) in [5.74, 6) is 3.65. The van der Waals surface area contributed by atoms with Gasteiger partial charge in [0.05, 0.1) is 0 Å². The number of nitrogens with two attached hydrogens (primary N) is 1. The lowest BCUT2D eigenvalue weighted by Crippen LogP contribution is -2.34. The van der Waals surface area contributed by atoms with Crippen molar-refractivity contribution in [3.8, 4) is 0 Å². The molecule has 1 rings (SSSR count). The molecule has 0 amide bonds. The molecule has 0 aromatic heterocycles. The molecule has 0 spiro atoms. The van der Waals surface area contributed by atoms with Gasteiger partial charge in [-0.05, 0) is 43.1 Å². The van der Waals surface area contributed by atoms with Gasteiger partial charge in [-0.25, -0.2) is 0 Å². The zero-order valence-electron chi connectivity index (χ0n) is 10.8. The van der Waals surface area contributed by atoms with Crippen molar-refractivity contribution in [2.24, 2.45) is 29.4 Å². The van der Waals surface area contributed by atoms with Gasteiger partial charge in [0.15, 0.2) is 0 Å². The molecule has 0 radical (unpaired) electrons. The van der Waals surface area contributed by atoms with E-state index >= 15 is 0 Å². The molecule has 1 heteroatoms. The van der Waals surface area contributed by atoms with Crippen molar-refractivity contribution in [3.05, 3.63) is 0 Å². The van der Waals surface area contributed by atoms with Crippen molar-refractivity contribution in [1.82, 2.24) is 0 Å². The maximum absolute atomic E-state index is 5.93. The highest BCUT2D eigenvalue weighted by molar-refractivity contribution is 4.84. The van der Waals surface area contributed by atoms with E-state index in [0.717, 1.165) is 30.2 Å². The lowest BCUT2D eigenvalue weighted by molar-refractivity contribution is 0.116. The maximum atomic E-state index is 5.93. The van der Waals surface area contributed by atoms with Crippen LogP contribution in [0.4, 0.5) is 0 Å². The van der Waals surface area contributed by atoms with Gasteiger partial charge in [-0.3, -0.25) is 0 Å². The second-order valence-corrected chi connectivity index (χ2v) is 5.32. The highest BCUT2D eigenvalue weighted by Gasteiger charge is 2.32. The molecule has 0 aliphatic heterocycles. The molecular weight excluding hydrogens is 182 g/mol. The van der Waals surface area contributed by atoms with E-state index in [-0.39, 0.29) is 0 Å². The van der Waals surface area contributed by atoms with E-state index < -0.39 is 0 Å². The van der Waals surface area contributed by atoms with Gasteiger partial charge in [-0.1, -0.05) is 46.5 Å². The van der Waals surface area contributed by atoms with Crippen molar-refractivity contribution in [3.63, 3.8) is 0 Å². The molecule has 90 valence electrons. The Hall–Kier alpha value is -0.0400. The minimum absolute atomic E-state index is 0.817. The number of rotatable bonds is 5. The third kappa shape index (κ3) is 3.21. The monoisotopic (exact) mass is 211 g/mol. The predicted octanol–water partition coefficient (Wildman–Crippen LogP) is 3.82. The average Bonchev–Trinajstić information content (AvgIpc) is 2.30. The Labute approximate surface area is 95.8 Å². The Kier molecular flexibility index (Phi) is 5.66. The van der Waals surface area contributed by atoms with E-state index in [0.29, 0.717) is 0 Å². The van der Waals surface area contributed by atoms with Gasteiger partial charge >= 0.3 is 0 Å². The van der Waals surface area contributed by atoms with Crippen LogP contribution in [0.1, 0.15) is 59.3 Å². The van der Waals surface area contributed by atoms with Crippen molar-refractivity contribution in [1.29, 1.82) is 0 Å². The van der Waals surface area contributed by atoms with Crippen molar-refractivity contribution < 1.29 is 0 Å². The predicted molar refractivity (Wildman–Crippen MR) is 67.7 cm³/mol. The molecule has 0 bridgehead atoms. The van der Waals surface area contributed by atoms with Gasteiger partial charge in [0.25, 0.3) is 0 Å². The van der Waals surface area contributed by atoms with E-state index in [4.69, 9.17) is 5.73 Å². The van der Waals surface area contributed by atoms with Crippen LogP contribution in [0.2, 0.25) is 0 Å². The minimum Gasteiger partial charge on any atom is -0.330 e. The second-order valence-electron chi connectivity index (χ2n) is 5.32. The molecule has 0 aromatic carbocycles. The summed E-state index contributed by atoms with van der Waals surface area (Å²) in [5.41, 5.74) is 5.93. The van der Waals surface area contributed by atoms with Gasteiger partial charge in [-0.2, -0.15) is 0 Å². The smallest absolute Gasteiger partial charge is 0.00461 e. The third-order valence-electron chi connectivity index (χ3n) is 4.69. The Morgan fingerprint density at radius 3 is 2.27 bits per heavy atom. The first-order chi connectivity index (χ1) is 7.26. The van der Waals surface area contributed by atoms with Crippen LogP contribution in [0.25, 0.3) is 0 Å². The minimum atomic E-state index is 0.817. The third-order valence-corrected chi connectivity index (χ3v) is 4.69. The topological polar surface area (TPSA) is 26.0 Å². The van der Waals surface area contributed by atoms with Gasteiger partial charge in [-0.15, -0.1) is 0 Å². The quantitative estimate of drug-likeness (QED) is 0.735. The highest BCUT2D eigenvalue weighted by Crippen LogP contribution is 2.41. The molecule has 1 saturated carbocycles. The molecule has 3 unspecified atom stereocenters. The zero-order valence-corrected chi connectivity index (χ0v) is 10.8. The molecule has 1 aliphatic carbocycles. The van der Waals surface area contributed by atoms with Crippen LogP contribution in [-0.4, -0.2) is 6.54 Å². The Morgan fingerprint density at radius 2 is 1.80 bits per heavy atom. The van der Waals surface area contributed by atoms with Crippen molar-refractivity contribution in [2.45, 2.75) is 59.3 Å². The first kappa shape index (κ1) is 13.0. The first-order valence-corrected chi connectivity index (χ1v) is 6.96. The van der Waals surface area contributed by atoms with Crippen LogP contribution in [0.5, 0.6) is 0 Å². The molecule has 1 nitrogen and oxygen atoms in total. The van der Waals surface area contributed by atoms with Gasteiger partial charge in [0.1, 0.15) is 0 Å². The van der Waals surface area contributed by atoms with Gasteiger partial charge in [0.2, 0.25) is 0 Å². The zero-order chi connectivity index (χ0) is 11.3. The summed E-state index contributed by atoms with van der Waals surface area (Å²) >= 11 is 0. The van der Waals surface area contributed by atoms with E-state index in [2.05, 4.69) is 20.8 Å². The summed E-state index contributed by atoms with van der Waals surface area (Å²) in [6.07, 6.45) is 8.31. The summed E-state index contributed by atoms with van der Waals surface area (Å²) in [5, 5.41) is 0. The van der Waals surface area contributed by atoms with E-state index in [1.807, 2.05) is 0 Å². The molecular formula is C14H29N. The van der Waals surface area contributed by atoms with Crippen LogP contribution in [0.3, 0.4) is 0 Å². The summed E-state index contributed by atoms with van der Waals surface area (Å²) in [7, 11) is 0. The summed E-state index contributed by atoms with van der Waals surface area (Å²) in [4.78, 5) is 0. The first-order valence-electron chi connectivity index (χ1n) is 6.96. The molecule has 15 heavy (non-hydrogen) atoms. The van der Waals surface area contributed by atoms with Gasteiger partial charge < -0.3 is 5.73 Å². The molecule has 0 aromatic rings. The highest BCUT2D eigenvalue weighted by atomic mass is 14.6. The largest absolute Gasteiger partial charge is 0.330 e. The van der Waals surface area contributed by atoms with E-state index in [1.165, 1.54) is 38.5 Å². The van der Waals surface area contributed by atoms with Gasteiger partial charge in [0, 0.05) is 0 Å². The van der Waals surface area contributed by atoms with Crippen LogP contribution in [0, 0.1) is 23.7 Å². The Balaban J connectivity index is 2.61. The summed E-state index contributed by atoms with van der Waals surface area (Å²) in [6, 6.07) is 0. The van der Waals surface area contributed by atoms with Crippen LogP contribution < -0.4 is 5.73 Å². The Bertz CT molecular complexity index is 155. The fourth-order valence-corrected chi connectivity index (χ4v) is 3.49. The van der Waals surface area contributed by atoms with Crippen LogP contribution in [0.15, 0.2) is 0 Å². The number of hydrogen-bond acceptors (Lipinski definition) is 1. The number of hydrogen-bond donors (Lipinski definition) is 1. The Morgan fingerprint density at radius 1 is 1.13 bits per heavy atom. The summed E-state index contributed by atoms with van der Waals surface area (Å²) in [6.45, 7) is 7.95. The normalized spacial score (nSPS) is 32.2.